The van der Waals surface area contributed by atoms with Gasteiger partial charge in [-0.1, -0.05) is 12.1 Å². The van der Waals surface area contributed by atoms with Crippen molar-refractivity contribution >= 4 is 33.4 Å². The maximum Gasteiger partial charge on any atom is 0.264 e. The number of hydrogen-bond acceptors (Lipinski definition) is 6. The second kappa shape index (κ2) is 9.69. The molecule has 10 heteroatoms. The molecule has 3 N–H and O–H groups in total. The molecule has 0 atom stereocenters. The highest BCUT2D eigenvalue weighted by Crippen LogP contribution is 2.17. The van der Waals surface area contributed by atoms with E-state index in [2.05, 4.69) is 10.6 Å². The van der Waals surface area contributed by atoms with Gasteiger partial charge < -0.3 is 15.4 Å². The number of carbonyl (C=O) groups is 3. The van der Waals surface area contributed by atoms with Gasteiger partial charge in [0, 0.05) is 25.6 Å². The summed E-state index contributed by atoms with van der Waals surface area (Å²) in [6, 6.07) is 12.1. The third-order valence-electron chi connectivity index (χ3n) is 3.72. The summed E-state index contributed by atoms with van der Waals surface area (Å²) in [6.07, 6.45) is 0.0207. The average molecular weight is 419 g/mol. The first-order valence-electron chi connectivity index (χ1n) is 8.57. The lowest BCUT2D eigenvalue weighted by molar-refractivity contribution is -0.117. The van der Waals surface area contributed by atoms with E-state index in [1.54, 1.807) is 24.3 Å². The second-order valence-corrected chi connectivity index (χ2v) is 7.62. The molecule has 0 aliphatic carbocycles. The number of para-hydroxylation sites is 1. The van der Waals surface area contributed by atoms with Crippen molar-refractivity contribution in [2.75, 3.05) is 19.0 Å². The van der Waals surface area contributed by atoms with Gasteiger partial charge in [-0.15, -0.1) is 0 Å². The van der Waals surface area contributed by atoms with Crippen LogP contribution in [0.15, 0.2) is 53.4 Å². The number of rotatable bonds is 8. The molecule has 0 spiro atoms. The average Bonchev–Trinajstić information content (AvgIpc) is 2.67. The molecule has 9 nitrogen and oxygen atoms in total. The van der Waals surface area contributed by atoms with Crippen LogP contribution in [-0.2, 0) is 19.6 Å². The first-order valence-corrected chi connectivity index (χ1v) is 10.1. The van der Waals surface area contributed by atoms with Gasteiger partial charge in [0.2, 0.25) is 11.8 Å². The number of hydrogen-bond donors (Lipinski definition) is 3. The normalized spacial score (nSPS) is 10.7. The van der Waals surface area contributed by atoms with E-state index in [-0.39, 0.29) is 29.7 Å². The third-order valence-corrected chi connectivity index (χ3v) is 5.16. The highest BCUT2D eigenvalue weighted by molar-refractivity contribution is 7.90. The molecule has 2 aromatic carbocycles. The fourth-order valence-corrected chi connectivity index (χ4v) is 3.40. The summed E-state index contributed by atoms with van der Waals surface area (Å²) in [5.41, 5.74) is 0.749. The molecule has 29 heavy (non-hydrogen) atoms. The summed E-state index contributed by atoms with van der Waals surface area (Å²) >= 11 is 0. The molecule has 0 radical (unpaired) electrons. The summed E-state index contributed by atoms with van der Waals surface area (Å²) < 4.78 is 30.7. The standard InChI is InChI=1S/C19H21N3O6S/c1-13(23)22-29(26,27)15-9-7-14(8-10-15)21-18(24)11-12-20-19(25)16-5-3-4-6-17(16)28-2/h3-10H,11-12H2,1-2H3,(H,20,25)(H,21,24)(H,22,23). The number of carbonyl (C=O) groups excluding carboxylic acids is 3. The molecular weight excluding hydrogens is 398 g/mol. The highest BCUT2D eigenvalue weighted by atomic mass is 32.2. The van der Waals surface area contributed by atoms with Crippen molar-refractivity contribution in [1.29, 1.82) is 0 Å². The number of benzene rings is 2. The second-order valence-electron chi connectivity index (χ2n) is 5.94. The Kier molecular flexibility index (Phi) is 7.32. The molecular formula is C19H21N3O6S. The van der Waals surface area contributed by atoms with E-state index in [4.69, 9.17) is 4.74 Å². The molecule has 0 saturated heterocycles. The van der Waals surface area contributed by atoms with Crippen LogP contribution in [0.5, 0.6) is 5.75 Å². The van der Waals surface area contributed by atoms with E-state index in [0.717, 1.165) is 6.92 Å². The summed E-state index contributed by atoms with van der Waals surface area (Å²) in [7, 11) is -2.47. The monoisotopic (exact) mass is 419 g/mol. The first-order chi connectivity index (χ1) is 13.7. The van der Waals surface area contributed by atoms with E-state index in [1.165, 1.54) is 31.4 Å². The van der Waals surface area contributed by atoms with Crippen LogP contribution in [0.3, 0.4) is 0 Å². The van der Waals surface area contributed by atoms with Crippen molar-refractivity contribution < 1.29 is 27.5 Å². The zero-order valence-corrected chi connectivity index (χ0v) is 16.7. The minimum absolute atomic E-state index is 0.0207. The van der Waals surface area contributed by atoms with Crippen LogP contribution in [0.2, 0.25) is 0 Å². The van der Waals surface area contributed by atoms with Crippen molar-refractivity contribution in [3.05, 3.63) is 54.1 Å². The summed E-state index contributed by atoms with van der Waals surface area (Å²) in [6.45, 7) is 1.20. The number of anilines is 1. The maximum atomic E-state index is 12.2. The van der Waals surface area contributed by atoms with Crippen LogP contribution in [0.4, 0.5) is 5.69 Å². The molecule has 0 aliphatic rings. The van der Waals surface area contributed by atoms with E-state index in [9.17, 15) is 22.8 Å². The van der Waals surface area contributed by atoms with Crippen LogP contribution in [-0.4, -0.2) is 39.8 Å². The van der Waals surface area contributed by atoms with Crippen LogP contribution < -0.4 is 20.1 Å². The van der Waals surface area contributed by atoms with Gasteiger partial charge in [-0.25, -0.2) is 13.1 Å². The largest absolute Gasteiger partial charge is 0.496 e. The van der Waals surface area contributed by atoms with Gasteiger partial charge in [0.15, 0.2) is 0 Å². The van der Waals surface area contributed by atoms with Crippen LogP contribution in [0.25, 0.3) is 0 Å². The Morgan fingerprint density at radius 1 is 1.00 bits per heavy atom. The third kappa shape index (κ3) is 6.32. The zero-order chi connectivity index (χ0) is 21.4. The van der Waals surface area contributed by atoms with Crippen molar-refractivity contribution in [1.82, 2.24) is 10.0 Å². The number of methoxy groups -OCH3 is 1. The van der Waals surface area contributed by atoms with Crippen molar-refractivity contribution in [2.24, 2.45) is 0 Å². The Hall–Kier alpha value is -3.40. The zero-order valence-electron chi connectivity index (χ0n) is 15.9. The number of ether oxygens (including phenoxy) is 1. The van der Waals surface area contributed by atoms with Crippen molar-refractivity contribution in [3.63, 3.8) is 0 Å². The van der Waals surface area contributed by atoms with Gasteiger partial charge in [-0.05, 0) is 36.4 Å². The quantitative estimate of drug-likeness (QED) is 0.591. The molecule has 0 saturated carbocycles. The Morgan fingerprint density at radius 2 is 1.66 bits per heavy atom. The predicted molar refractivity (Wildman–Crippen MR) is 106 cm³/mol. The van der Waals surface area contributed by atoms with E-state index < -0.39 is 15.9 Å². The highest BCUT2D eigenvalue weighted by Gasteiger charge is 2.15. The topological polar surface area (TPSA) is 131 Å². The molecule has 0 unspecified atom stereocenters. The van der Waals surface area contributed by atoms with Gasteiger partial charge >= 0.3 is 0 Å². The first kappa shape index (κ1) is 21.9. The molecule has 3 amide bonds. The number of nitrogens with one attached hydrogen (secondary N) is 3. The molecule has 2 rings (SSSR count). The SMILES string of the molecule is COc1ccccc1C(=O)NCCC(=O)Nc1ccc(S(=O)(=O)NC(C)=O)cc1. The van der Waals surface area contributed by atoms with E-state index in [1.807, 2.05) is 4.72 Å². The molecule has 0 bridgehead atoms. The lowest BCUT2D eigenvalue weighted by atomic mass is 10.2. The van der Waals surface area contributed by atoms with Gasteiger partial charge in [-0.3, -0.25) is 14.4 Å². The Labute approximate surface area is 168 Å². The predicted octanol–water partition coefficient (Wildman–Crippen LogP) is 1.28. The fourth-order valence-electron chi connectivity index (χ4n) is 2.41. The Balaban J connectivity index is 1.86. The van der Waals surface area contributed by atoms with Crippen LogP contribution >= 0.6 is 0 Å². The Morgan fingerprint density at radius 3 is 2.28 bits per heavy atom. The smallest absolute Gasteiger partial charge is 0.264 e. The van der Waals surface area contributed by atoms with Gasteiger partial charge in [-0.2, -0.15) is 0 Å². The van der Waals surface area contributed by atoms with E-state index in [0.29, 0.717) is 17.0 Å². The van der Waals surface area contributed by atoms with Gasteiger partial charge in [0.05, 0.1) is 17.6 Å². The molecule has 0 aromatic heterocycles. The van der Waals surface area contributed by atoms with Crippen LogP contribution in [0.1, 0.15) is 23.7 Å². The lowest BCUT2D eigenvalue weighted by Crippen LogP contribution is -2.28. The maximum absolute atomic E-state index is 12.2. The number of amides is 3. The molecule has 2 aromatic rings. The van der Waals surface area contributed by atoms with Gasteiger partial charge in [0.25, 0.3) is 15.9 Å². The fraction of sp³-hybridized carbons (Fsp3) is 0.211. The van der Waals surface area contributed by atoms with Gasteiger partial charge in [0.1, 0.15) is 5.75 Å². The summed E-state index contributed by atoms with van der Waals surface area (Å²) in [4.78, 5) is 35.0. The summed E-state index contributed by atoms with van der Waals surface area (Å²) in [5.74, 6) is -0.980. The Bertz CT molecular complexity index is 1000. The number of sulfonamides is 1. The molecule has 0 aliphatic heterocycles. The molecule has 154 valence electrons. The summed E-state index contributed by atoms with van der Waals surface area (Å²) in [5, 5.41) is 5.24. The van der Waals surface area contributed by atoms with Crippen molar-refractivity contribution in [2.45, 2.75) is 18.2 Å². The molecule has 0 heterocycles. The minimum Gasteiger partial charge on any atom is -0.496 e. The van der Waals surface area contributed by atoms with Crippen LogP contribution in [0, 0.1) is 0 Å². The lowest BCUT2D eigenvalue weighted by Gasteiger charge is -2.10. The molecule has 0 fully saturated rings. The van der Waals surface area contributed by atoms with Crippen molar-refractivity contribution in [3.8, 4) is 5.75 Å². The van der Waals surface area contributed by atoms with E-state index >= 15 is 0 Å². The minimum atomic E-state index is -3.93.